The van der Waals surface area contributed by atoms with E-state index in [0.29, 0.717) is 0 Å². The van der Waals surface area contributed by atoms with Gasteiger partial charge in [-0.1, -0.05) is 12.7 Å². The summed E-state index contributed by atoms with van der Waals surface area (Å²) in [5.74, 6) is 0. The molecule has 1 aromatic rings. The number of benzene rings is 1. The molecule has 0 fully saturated rings. The van der Waals surface area contributed by atoms with Gasteiger partial charge in [0.1, 0.15) is 0 Å². The monoisotopic (exact) mass is 356 g/mol. The van der Waals surface area contributed by atoms with Crippen LogP contribution >= 0.6 is 45.2 Å². The summed E-state index contributed by atoms with van der Waals surface area (Å²) in [5, 5.41) is 0. The molecular weight excluding hydrogens is 350 g/mol. The maximum absolute atomic E-state index is 3.71. The average molecular weight is 356 g/mol. The molecule has 0 bridgehead atoms. The van der Waals surface area contributed by atoms with Crippen LogP contribution in [0.15, 0.2) is 24.8 Å². The number of hydrogen-bond donors (Lipinski definition) is 0. The van der Waals surface area contributed by atoms with Gasteiger partial charge in [0.05, 0.1) is 0 Å². The molecule has 0 saturated carbocycles. The second kappa shape index (κ2) is 3.71. The van der Waals surface area contributed by atoms with Crippen molar-refractivity contribution in [3.8, 4) is 0 Å². The van der Waals surface area contributed by atoms with Crippen molar-refractivity contribution in [1.82, 2.24) is 0 Å². The molecule has 0 amide bonds. The molecular formula is C8H6I2. The van der Waals surface area contributed by atoms with Crippen molar-refractivity contribution in [3.05, 3.63) is 37.5 Å². The van der Waals surface area contributed by atoms with E-state index in [1.54, 1.807) is 0 Å². The Bertz CT molecular complexity index is 233. The van der Waals surface area contributed by atoms with Gasteiger partial charge in [-0.15, -0.1) is 0 Å². The van der Waals surface area contributed by atoms with Crippen LogP contribution in [0.2, 0.25) is 0 Å². The van der Waals surface area contributed by atoms with Gasteiger partial charge < -0.3 is 0 Å². The fraction of sp³-hybridized carbons (Fsp3) is 0. The van der Waals surface area contributed by atoms with Gasteiger partial charge in [0.25, 0.3) is 0 Å². The predicted octanol–water partition coefficient (Wildman–Crippen LogP) is 3.54. The van der Waals surface area contributed by atoms with Gasteiger partial charge >= 0.3 is 0 Å². The smallest absolute Gasteiger partial charge is 0.0146 e. The third-order valence-electron chi connectivity index (χ3n) is 1.12. The Hall–Kier alpha value is 0.420. The van der Waals surface area contributed by atoms with E-state index >= 15 is 0 Å². The summed E-state index contributed by atoms with van der Waals surface area (Å²) in [4.78, 5) is 0. The molecule has 0 spiro atoms. The molecule has 0 aliphatic rings. The van der Waals surface area contributed by atoms with Gasteiger partial charge in [-0.2, -0.15) is 0 Å². The Kier molecular flexibility index (Phi) is 3.16. The van der Waals surface area contributed by atoms with E-state index in [1.165, 1.54) is 12.7 Å². The minimum atomic E-state index is 1.19. The van der Waals surface area contributed by atoms with E-state index < -0.39 is 0 Å². The second-order valence-corrected chi connectivity index (χ2v) is 4.40. The minimum Gasteiger partial charge on any atom is -0.0985 e. The number of rotatable bonds is 1. The van der Waals surface area contributed by atoms with Gasteiger partial charge in [0.2, 0.25) is 0 Å². The van der Waals surface area contributed by atoms with Gasteiger partial charge in [-0.3, -0.25) is 0 Å². The second-order valence-electron chi connectivity index (χ2n) is 1.91. The summed E-state index contributed by atoms with van der Waals surface area (Å²) < 4.78 is 2.53. The van der Waals surface area contributed by atoms with Gasteiger partial charge in [-0.05, 0) is 68.9 Å². The van der Waals surface area contributed by atoms with Crippen LogP contribution in [0.3, 0.4) is 0 Å². The number of hydrogen-bond acceptors (Lipinski definition) is 0. The highest BCUT2D eigenvalue weighted by molar-refractivity contribution is 14.1. The summed E-state index contributed by atoms with van der Waals surface area (Å²) in [6.07, 6.45) is 1.87. The van der Waals surface area contributed by atoms with Crippen molar-refractivity contribution in [2.45, 2.75) is 0 Å². The van der Waals surface area contributed by atoms with Crippen LogP contribution in [-0.4, -0.2) is 0 Å². The van der Waals surface area contributed by atoms with Crippen molar-refractivity contribution >= 4 is 51.3 Å². The molecule has 0 saturated heterocycles. The Morgan fingerprint density at radius 3 is 2.00 bits per heavy atom. The predicted molar refractivity (Wildman–Crippen MR) is 62.0 cm³/mol. The lowest BCUT2D eigenvalue weighted by Gasteiger charge is -1.95. The molecule has 0 heterocycles. The van der Waals surface area contributed by atoms with Crippen LogP contribution in [0.1, 0.15) is 5.56 Å². The highest BCUT2D eigenvalue weighted by Crippen LogP contribution is 2.14. The number of halogens is 2. The Labute approximate surface area is 88.0 Å². The molecule has 0 N–H and O–H groups in total. The molecule has 52 valence electrons. The fourth-order valence-electron chi connectivity index (χ4n) is 0.693. The van der Waals surface area contributed by atoms with Crippen LogP contribution in [0, 0.1) is 7.14 Å². The highest BCUT2D eigenvalue weighted by atomic mass is 127. The van der Waals surface area contributed by atoms with E-state index in [0.717, 1.165) is 0 Å². The van der Waals surface area contributed by atoms with Gasteiger partial charge in [0, 0.05) is 7.14 Å². The van der Waals surface area contributed by atoms with Crippen LogP contribution in [0.4, 0.5) is 0 Å². The Balaban J connectivity index is 3.18. The molecule has 0 aliphatic heterocycles. The quantitative estimate of drug-likeness (QED) is 0.676. The van der Waals surface area contributed by atoms with Gasteiger partial charge in [-0.25, -0.2) is 0 Å². The SMILES string of the molecule is C=Cc1cc(I)cc(I)c1. The van der Waals surface area contributed by atoms with Crippen LogP contribution < -0.4 is 0 Å². The first-order chi connectivity index (χ1) is 4.72. The third-order valence-corrected chi connectivity index (χ3v) is 2.37. The summed E-state index contributed by atoms with van der Waals surface area (Å²) in [7, 11) is 0. The van der Waals surface area contributed by atoms with E-state index in [9.17, 15) is 0 Å². The van der Waals surface area contributed by atoms with Gasteiger partial charge in [0.15, 0.2) is 0 Å². The molecule has 0 atom stereocenters. The third kappa shape index (κ3) is 2.23. The van der Waals surface area contributed by atoms with E-state index in [1.807, 2.05) is 6.08 Å². The van der Waals surface area contributed by atoms with Crippen molar-refractivity contribution in [2.24, 2.45) is 0 Å². The maximum atomic E-state index is 3.71. The van der Waals surface area contributed by atoms with E-state index in [2.05, 4.69) is 70.0 Å². The van der Waals surface area contributed by atoms with E-state index in [-0.39, 0.29) is 0 Å². The average Bonchev–Trinajstić information content (AvgIpc) is 1.85. The summed E-state index contributed by atoms with van der Waals surface area (Å²) >= 11 is 4.60. The lowest BCUT2D eigenvalue weighted by molar-refractivity contribution is 1.56. The van der Waals surface area contributed by atoms with Crippen LogP contribution in [-0.2, 0) is 0 Å². The summed E-state index contributed by atoms with van der Waals surface area (Å²) in [5.41, 5.74) is 1.19. The van der Waals surface area contributed by atoms with Crippen molar-refractivity contribution in [2.75, 3.05) is 0 Å². The Morgan fingerprint density at radius 1 is 1.10 bits per heavy atom. The lowest BCUT2D eigenvalue weighted by atomic mass is 10.2. The zero-order valence-corrected chi connectivity index (χ0v) is 9.59. The van der Waals surface area contributed by atoms with E-state index in [4.69, 9.17) is 0 Å². The zero-order chi connectivity index (χ0) is 7.56. The van der Waals surface area contributed by atoms with Crippen LogP contribution in [0.5, 0.6) is 0 Å². The fourth-order valence-corrected chi connectivity index (χ4v) is 2.68. The summed E-state index contributed by atoms with van der Waals surface area (Å²) in [6.45, 7) is 3.71. The largest absolute Gasteiger partial charge is 0.0985 e. The standard InChI is InChI=1S/C8H6I2/c1-2-6-3-7(9)5-8(10)4-6/h2-5H,1H2. The molecule has 10 heavy (non-hydrogen) atoms. The van der Waals surface area contributed by atoms with Crippen molar-refractivity contribution in [1.29, 1.82) is 0 Å². The molecule has 0 aromatic heterocycles. The molecule has 1 aromatic carbocycles. The first-order valence-corrected chi connectivity index (χ1v) is 4.96. The van der Waals surface area contributed by atoms with Crippen molar-refractivity contribution in [3.63, 3.8) is 0 Å². The first kappa shape index (κ1) is 8.52. The van der Waals surface area contributed by atoms with Crippen LogP contribution in [0.25, 0.3) is 6.08 Å². The normalized spacial score (nSPS) is 9.40. The topological polar surface area (TPSA) is 0 Å². The molecule has 0 unspecified atom stereocenters. The minimum absolute atomic E-state index is 1.19. The van der Waals surface area contributed by atoms with Crippen molar-refractivity contribution < 1.29 is 0 Å². The highest BCUT2D eigenvalue weighted by Gasteiger charge is 1.91. The zero-order valence-electron chi connectivity index (χ0n) is 5.27. The lowest BCUT2D eigenvalue weighted by Crippen LogP contribution is -1.77. The molecule has 1 rings (SSSR count). The molecule has 0 nitrogen and oxygen atoms in total. The Morgan fingerprint density at radius 2 is 1.60 bits per heavy atom. The maximum Gasteiger partial charge on any atom is 0.0146 e. The molecule has 2 heteroatoms. The molecule has 0 aliphatic carbocycles. The first-order valence-electron chi connectivity index (χ1n) is 2.81. The summed E-state index contributed by atoms with van der Waals surface area (Å²) in [6, 6.07) is 6.35. The molecule has 0 radical (unpaired) electrons.